The molecule has 0 bridgehead atoms. The van der Waals surface area contributed by atoms with E-state index in [9.17, 15) is 38.4 Å². The number of halogens is 5. The number of carboxylic acid groups (broad SMARTS) is 1. The van der Waals surface area contributed by atoms with Crippen LogP contribution in [0.25, 0.3) is 29.4 Å². The maximum atomic E-state index is 12.5. The van der Waals surface area contributed by atoms with Crippen LogP contribution in [0, 0.1) is 0 Å². The second-order valence-corrected chi connectivity index (χ2v) is 32.8. The molecule has 4 fully saturated rings. The van der Waals surface area contributed by atoms with Gasteiger partial charge in [-0.2, -0.15) is 0 Å². The molecule has 14 rings (SSSR count). The summed E-state index contributed by atoms with van der Waals surface area (Å²) in [6.07, 6.45) is 24.9. The monoisotopic (exact) mass is 2030 g/mol. The number of aliphatic carboxylic acids is 1. The molecular weight excluding hydrogens is 1920 g/mol. The molecule has 6 amide bonds. The van der Waals surface area contributed by atoms with Crippen LogP contribution in [0.5, 0.6) is 0 Å². The molecule has 2 aromatic carbocycles. The van der Waals surface area contributed by atoms with Gasteiger partial charge in [-0.05, 0) is 218 Å². The Hall–Kier alpha value is -10.6. The van der Waals surface area contributed by atoms with Gasteiger partial charge in [0, 0.05) is 142 Å². The molecule has 32 nitrogen and oxygen atoms in total. The number of ether oxygens (including phenoxy) is 5. The SMILES string of the molecule is C1=C(c2ccccc2)CCNC1.CC(C)(C)OC(=O)/C=C/c1ccc(NC(=O)CN2CCOCC2)nc1.Cl.Nc1ccc(Br)cn1.O=C(CBr)Nc1ccc(Br)cn1.O=C(CN1CCOCC1)Nc1ccc(/C=C/C(=O)N2CC=C(c3ccccc3)CC2)cn1.O=C(CN1CCOCC1)Nc1ccc(Br)cn1.O=C(O)/C=C/c1ccc(NC(=O)CN2CCOCC2)nc1.[HH]. The van der Waals surface area contributed by atoms with Crippen LogP contribution in [0.4, 0.5) is 34.9 Å². The lowest BCUT2D eigenvalue weighted by Gasteiger charge is -2.25. The van der Waals surface area contributed by atoms with E-state index < -0.39 is 17.5 Å². The number of hydrogen-bond donors (Lipinski definition) is 8. The van der Waals surface area contributed by atoms with Gasteiger partial charge in [-0.1, -0.05) is 88.7 Å². The van der Waals surface area contributed by atoms with Gasteiger partial charge in [0.15, 0.2) is 0 Å². The second-order valence-electron chi connectivity index (χ2n) is 29.5. The van der Waals surface area contributed by atoms with E-state index in [4.69, 9.17) is 34.5 Å². The number of anilines is 6. The molecule has 37 heteroatoms. The van der Waals surface area contributed by atoms with Crippen LogP contribution in [0.1, 0.15) is 62.9 Å². The number of alkyl halides is 1. The number of morpholine rings is 4. The van der Waals surface area contributed by atoms with Crippen molar-refractivity contribution in [3.05, 3.63) is 242 Å². The third-order valence-corrected chi connectivity index (χ3v) is 20.4. The van der Waals surface area contributed by atoms with Crippen molar-refractivity contribution < 1.29 is 68.6 Å². The fourth-order valence-electron chi connectivity index (χ4n) is 12.0. The zero-order valence-corrected chi connectivity index (χ0v) is 78.7. The summed E-state index contributed by atoms with van der Waals surface area (Å²) in [4.78, 5) is 128. The lowest BCUT2D eigenvalue weighted by atomic mass is 9.99. The summed E-state index contributed by atoms with van der Waals surface area (Å²) in [6, 6.07) is 42.0. The number of hydrogen-bond acceptors (Lipinski definition) is 25. The molecule has 6 aliphatic rings. The van der Waals surface area contributed by atoms with Gasteiger partial charge >= 0.3 is 11.9 Å². The first-order chi connectivity index (χ1) is 61.3. The number of amides is 6. The highest BCUT2D eigenvalue weighted by atomic mass is 79.9. The highest BCUT2D eigenvalue weighted by Crippen LogP contribution is 2.24. The van der Waals surface area contributed by atoms with E-state index in [1.807, 2.05) is 77.9 Å². The molecular formula is C91H111Br4ClN18O14. The molecule has 6 aliphatic heterocycles. The normalized spacial score (nSPS) is 15.4. The highest BCUT2D eigenvalue weighted by molar-refractivity contribution is 9.11. The maximum Gasteiger partial charge on any atom is 0.331 e. The molecule has 0 atom stereocenters. The van der Waals surface area contributed by atoms with Crippen molar-refractivity contribution in [3.8, 4) is 0 Å². The molecule has 0 spiro atoms. The van der Waals surface area contributed by atoms with Crippen LogP contribution in [0.15, 0.2) is 214 Å². The third-order valence-electron chi connectivity index (χ3n) is 18.4. The molecule has 8 aromatic rings. The fourth-order valence-corrected chi connectivity index (χ4v) is 12.9. The predicted molar refractivity (Wildman–Crippen MR) is 516 cm³/mol. The van der Waals surface area contributed by atoms with E-state index in [-0.39, 0.29) is 54.6 Å². The van der Waals surface area contributed by atoms with Crippen molar-refractivity contribution in [1.82, 2.24) is 59.7 Å². The number of nitrogens with zero attached hydrogens (tertiary/aromatic N) is 11. The number of esters is 1. The van der Waals surface area contributed by atoms with Gasteiger partial charge < -0.3 is 71.3 Å². The van der Waals surface area contributed by atoms with Crippen molar-refractivity contribution in [2.24, 2.45) is 0 Å². The first-order valence-electron chi connectivity index (χ1n) is 41.1. The van der Waals surface area contributed by atoms with Gasteiger partial charge in [0.05, 0.1) is 84.4 Å². The van der Waals surface area contributed by atoms with E-state index in [2.05, 4.69) is 190 Å². The molecule has 6 aromatic heterocycles. The van der Waals surface area contributed by atoms with Crippen molar-refractivity contribution >= 4 is 188 Å². The predicted octanol–water partition coefficient (Wildman–Crippen LogP) is 12.3. The van der Waals surface area contributed by atoms with Gasteiger partial charge in [-0.15, -0.1) is 12.4 Å². The quantitative estimate of drug-likeness (QED) is 0.0177. The lowest BCUT2D eigenvalue weighted by Crippen LogP contribution is -2.41. The van der Waals surface area contributed by atoms with Crippen molar-refractivity contribution in [1.29, 1.82) is 0 Å². The van der Waals surface area contributed by atoms with E-state index in [0.29, 0.717) is 133 Å². The summed E-state index contributed by atoms with van der Waals surface area (Å²) in [7, 11) is 0. The first-order valence-corrected chi connectivity index (χ1v) is 44.6. The van der Waals surface area contributed by atoms with E-state index in [1.54, 1.807) is 97.7 Å². The summed E-state index contributed by atoms with van der Waals surface area (Å²) in [6.45, 7) is 21.7. The van der Waals surface area contributed by atoms with Gasteiger partial charge in [0.2, 0.25) is 35.4 Å². The molecule has 0 radical (unpaired) electrons. The zero-order chi connectivity index (χ0) is 90.8. The van der Waals surface area contributed by atoms with Gasteiger partial charge in [0.25, 0.3) is 0 Å². The van der Waals surface area contributed by atoms with Crippen molar-refractivity contribution in [3.63, 3.8) is 0 Å². The minimum atomic E-state index is -1.02. The number of benzene rings is 2. The van der Waals surface area contributed by atoms with Crippen molar-refractivity contribution in [2.45, 2.75) is 39.2 Å². The highest BCUT2D eigenvalue weighted by Gasteiger charge is 2.21. The fraction of sp³-hybridized carbons (Fsp3) is 0.341. The number of aromatic nitrogens is 6. The van der Waals surface area contributed by atoms with E-state index in [0.717, 1.165) is 109 Å². The van der Waals surface area contributed by atoms with Crippen LogP contribution in [-0.4, -0.2) is 275 Å². The number of rotatable bonds is 22. The Morgan fingerprint density at radius 3 is 1.11 bits per heavy atom. The maximum absolute atomic E-state index is 12.5. The number of nitrogens with one attached hydrogen (secondary N) is 6. The Morgan fingerprint density at radius 1 is 0.453 bits per heavy atom. The molecule has 0 unspecified atom stereocenters. The van der Waals surface area contributed by atoms with Crippen LogP contribution in [0.2, 0.25) is 0 Å². The second kappa shape index (κ2) is 58.8. The number of carbonyl (C=O) groups is 8. The number of carboxylic acids is 1. The average molecular weight is 2040 g/mol. The topological polar surface area (TPSA) is 395 Å². The summed E-state index contributed by atoms with van der Waals surface area (Å²) in [5.74, 6) is 1.20. The van der Waals surface area contributed by atoms with E-state index in [1.165, 1.54) is 40.6 Å². The Kier molecular flexibility index (Phi) is 48.0. The van der Waals surface area contributed by atoms with Gasteiger partial charge in [-0.3, -0.25) is 48.4 Å². The van der Waals surface area contributed by atoms with Gasteiger partial charge in [0.1, 0.15) is 40.5 Å². The number of nitrogen functional groups attached to an aromatic ring is 1. The number of nitrogens with two attached hydrogens (primary N) is 1. The summed E-state index contributed by atoms with van der Waals surface area (Å²) in [5.41, 5.74) is 12.3. The van der Waals surface area contributed by atoms with E-state index >= 15 is 0 Å². The summed E-state index contributed by atoms with van der Waals surface area (Å²) in [5, 5.41) is 25.8. The molecule has 9 N–H and O–H groups in total. The minimum Gasteiger partial charge on any atom is -0.478 e. The van der Waals surface area contributed by atoms with Crippen molar-refractivity contribution in [2.75, 3.05) is 195 Å². The average Bonchev–Trinajstić information content (AvgIpc) is 0.851. The van der Waals surface area contributed by atoms with Crippen LogP contribution in [0.3, 0.4) is 0 Å². The van der Waals surface area contributed by atoms with Gasteiger partial charge in [-0.25, -0.2) is 39.5 Å². The summed E-state index contributed by atoms with van der Waals surface area (Å²) >= 11 is 12.8. The zero-order valence-electron chi connectivity index (χ0n) is 71.5. The Labute approximate surface area is 787 Å². The minimum absolute atomic E-state index is 0. The molecule has 0 saturated carbocycles. The first kappa shape index (κ1) is 105. The summed E-state index contributed by atoms with van der Waals surface area (Å²) < 4.78 is 28.9. The molecule has 684 valence electrons. The Balaban J connectivity index is 0.000000240. The molecule has 12 heterocycles. The molecule has 4 saturated heterocycles. The van der Waals surface area contributed by atoms with Crippen LogP contribution < -0.4 is 37.6 Å². The number of pyridine rings is 6. The molecule has 128 heavy (non-hydrogen) atoms. The smallest absolute Gasteiger partial charge is 0.331 e. The Bertz CT molecular complexity index is 4860. The lowest BCUT2D eigenvalue weighted by molar-refractivity contribution is -0.148. The van der Waals surface area contributed by atoms with Crippen LogP contribution >= 0.6 is 76.1 Å². The standard InChI is InChI=1S/C25H28N4O3.C18H25N3O4.C14H17N3O4.C11H14BrN3O2.C11H13N.C7H6Br2N2O.C5H5BrN2.ClH.H2/c30-24(19-28-14-16-32-17-15-28)27-23-8-6-20(18-26-23)7-9-25(31)29-12-10-22(11-13-29)21-4-2-1-3-5-21;1-18(2,3)25-17(23)7-5-14-4-6-15(19-12-14)20-16(22)13-21-8-10-24-11-9-21;18-13(10-17-5-7-21-8-6-17)16-12-3-1-11(9-15-12)2-4-14(19)20;12-9-1-2-10(13-7-9)14-11(16)8-15-3-5-17-6-4-15;1-2-4-10(5-3-1)11-6-8-12-9-7-11;8-3-7(12)11-6-2-1-5(9)4-10-6;6-4-1-2-5(7)8-3-4;;/h1-10,18H,11-17,19H2,(H,26,27,30);4-7,12H,8-11,13H2,1-3H3,(H,19,20,22);1-4,9H,5-8,10H2,(H,19,20)(H,15,16,18);1-2,7H,3-6,8H2,(H,13,14,16);1-6,12H,7-9H2;1-2,4H,3H2,(H,10,11,12);1-3H,(H2,7,8);2*1H/b9-7+;7-5+;4-2+;;;;;;. The largest absolute Gasteiger partial charge is 0.478 e. The third kappa shape index (κ3) is 44.0. The molecule has 0 aliphatic carbocycles. The Morgan fingerprint density at radius 2 is 0.805 bits per heavy atom. The number of carbonyl (C=O) groups excluding carboxylic acids is 7. The van der Waals surface area contributed by atoms with Crippen LogP contribution in [-0.2, 0) is 62.0 Å².